The van der Waals surface area contributed by atoms with Crippen molar-refractivity contribution in [2.75, 3.05) is 0 Å². The van der Waals surface area contributed by atoms with Gasteiger partial charge in [-0.3, -0.25) is 0 Å². The fraction of sp³-hybridized carbons (Fsp3) is 0.391. The third-order valence-corrected chi connectivity index (χ3v) is 4.43. The highest BCUT2D eigenvalue weighted by Gasteiger charge is 2.31. The van der Waals surface area contributed by atoms with Gasteiger partial charge in [0.15, 0.2) is 0 Å². The van der Waals surface area contributed by atoms with Crippen molar-refractivity contribution in [3.63, 3.8) is 0 Å². The second-order valence-electron chi connectivity index (χ2n) is 8.12. The topological polar surface area (TPSA) is 52.6 Å². The van der Waals surface area contributed by atoms with Gasteiger partial charge in [-0.25, -0.2) is 4.79 Å². The van der Waals surface area contributed by atoms with Crippen molar-refractivity contribution in [3.05, 3.63) is 65.2 Å². The first kappa shape index (κ1) is 23.4. The van der Waals surface area contributed by atoms with Gasteiger partial charge in [0.05, 0.1) is 5.56 Å². The zero-order chi connectivity index (χ0) is 22.5. The number of hydrogen-bond acceptors (Lipinski definition) is 4. The van der Waals surface area contributed by atoms with Gasteiger partial charge in [0, 0.05) is 5.92 Å². The Balaban J connectivity index is 2.05. The van der Waals surface area contributed by atoms with E-state index in [0.717, 1.165) is 17.4 Å². The van der Waals surface area contributed by atoms with Crippen molar-refractivity contribution in [2.24, 2.45) is 0 Å². The summed E-state index contributed by atoms with van der Waals surface area (Å²) in [4.78, 5) is 23.8. The summed E-state index contributed by atoms with van der Waals surface area (Å²) in [6.45, 7) is 7.24. The van der Waals surface area contributed by atoms with Gasteiger partial charge in [-0.2, -0.15) is 0 Å². The van der Waals surface area contributed by atoms with Crippen LogP contribution in [0.3, 0.4) is 0 Å². The summed E-state index contributed by atoms with van der Waals surface area (Å²) < 4.78 is 46.0. The van der Waals surface area contributed by atoms with E-state index in [4.69, 9.17) is 4.74 Å². The van der Waals surface area contributed by atoms with Crippen molar-refractivity contribution in [2.45, 2.75) is 57.9 Å². The van der Waals surface area contributed by atoms with E-state index in [-0.39, 0.29) is 11.7 Å². The Kier molecular flexibility index (Phi) is 7.29. The smallest absolute Gasteiger partial charge is 0.456 e. The van der Waals surface area contributed by atoms with Gasteiger partial charge >= 0.3 is 12.3 Å². The Bertz CT molecular complexity index is 850. The van der Waals surface area contributed by atoms with Crippen LogP contribution in [0, 0.1) is 0 Å². The zero-order valence-electron chi connectivity index (χ0n) is 17.3. The van der Waals surface area contributed by atoms with Crippen molar-refractivity contribution in [1.29, 1.82) is 0 Å². The molecule has 2 atom stereocenters. The van der Waals surface area contributed by atoms with Crippen LogP contribution < -0.4 is 4.74 Å². The summed E-state index contributed by atoms with van der Waals surface area (Å²) >= 11 is 0. The predicted octanol–water partition coefficient (Wildman–Crippen LogP) is 6.02. The Morgan fingerprint density at radius 1 is 0.967 bits per heavy atom. The van der Waals surface area contributed by atoms with Crippen LogP contribution in [0.4, 0.5) is 13.2 Å². The third-order valence-electron chi connectivity index (χ3n) is 4.43. The van der Waals surface area contributed by atoms with E-state index in [0.29, 0.717) is 12.0 Å². The summed E-state index contributed by atoms with van der Waals surface area (Å²) in [6, 6.07) is 12.3. The number of aldehydes is 1. The van der Waals surface area contributed by atoms with E-state index in [1.165, 1.54) is 12.1 Å². The second kappa shape index (κ2) is 9.32. The number of rotatable bonds is 7. The number of carbonyl (C=O) groups excluding carboxylic acids is 2. The standard InChI is InChI=1S/C23H25F3O4/c1-15(16-9-11-20(12-10-16)29-23(24,25)26)13-19(14-27)17-5-7-18(8-6-17)21(28)30-22(2,3)4/h5-12,14-15,19H,13H2,1-4H3. The van der Waals surface area contributed by atoms with Gasteiger partial charge in [0.1, 0.15) is 17.6 Å². The summed E-state index contributed by atoms with van der Waals surface area (Å²) in [6.07, 6.45) is -3.43. The lowest BCUT2D eigenvalue weighted by molar-refractivity contribution is -0.274. The number of ether oxygens (including phenoxy) is 2. The van der Waals surface area contributed by atoms with Crippen LogP contribution in [0.15, 0.2) is 48.5 Å². The number of esters is 1. The molecule has 0 amide bonds. The minimum Gasteiger partial charge on any atom is -0.456 e. The molecule has 0 fully saturated rings. The number of carbonyl (C=O) groups is 2. The first-order chi connectivity index (χ1) is 13.9. The summed E-state index contributed by atoms with van der Waals surface area (Å²) in [7, 11) is 0. The van der Waals surface area contributed by atoms with Crippen LogP contribution in [-0.4, -0.2) is 24.2 Å². The van der Waals surface area contributed by atoms with E-state index in [1.807, 2.05) is 6.92 Å². The van der Waals surface area contributed by atoms with Gasteiger partial charge in [-0.15, -0.1) is 13.2 Å². The van der Waals surface area contributed by atoms with Crippen LogP contribution in [0.5, 0.6) is 5.75 Å². The van der Waals surface area contributed by atoms with Crippen molar-refractivity contribution < 1.29 is 32.2 Å². The number of halogens is 3. The monoisotopic (exact) mass is 422 g/mol. The Morgan fingerprint density at radius 3 is 1.97 bits per heavy atom. The lowest BCUT2D eigenvalue weighted by Crippen LogP contribution is -2.23. The fourth-order valence-corrected chi connectivity index (χ4v) is 2.99. The zero-order valence-corrected chi connectivity index (χ0v) is 17.3. The highest BCUT2D eigenvalue weighted by atomic mass is 19.4. The number of hydrogen-bond donors (Lipinski definition) is 0. The molecule has 2 aromatic rings. The Labute approximate surface area is 174 Å². The molecule has 0 spiro atoms. The van der Waals surface area contributed by atoms with E-state index in [1.54, 1.807) is 57.2 Å². The lowest BCUT2D eigenvalue weighted by Gasteiger charge is -2.20. The normalized spacial score (nSPS) is 14.0. The van der Waals surface area contributed by atoms with Gasteiger partial charge in [-0.1, -0.05) is 31.2 Å². The first-order valence-corrected chi connectivity index (χ1v) is 9.52. The van der Waals surface area contributed by atoms with Gasteiger partial charge < -0.3 is 14.3 Å². The molecular weight excluding hydrogens is 397 g/mol. The molecule has 0 aliphatic heterocycles. The molecule has 0 saturated carbocycles. The Hall–Kier alpha value is -2.83. The minimum atomic E-state index is -4.73. The molecule has 162 valence electrons. The highest BCUT2D eigenvalue weighted by Crippen LogP contribution is 2.31. The van der Waals surface area contributed by atoms with E-state index in [9.17, 15) is 22.8 Å². The molecule has 0 aliphatic carbocycles. The quantitative estimate of drug-likeness (QED) is 0.405. The summed E-state index contributed by atoms with van der Waals surface area (Å²) in [5.74, 6) is -1.22. The molecule has 0 aliphatic rings. The molecule has 0 N–H and O–H groups in total. The molecule has 2 aromatic carbocycles. The van der Waals surface area contributed by atoms with E-state index < -0.39 is 23.9 Å². The third kappa shape index (κ3) is 7.21. The Morgan fingerprint density at radius 2 is 1.50 bits per heavy atom. The molecule has 7 heteroatoms. The first-order valence-electron chi connectivity index (χ1n) is 9.52. The van der Waals surface area contributed by atoms with Gasteiger partial charge in [-0.05, 0) is 68.5 Å². The molecule has 0 bridgehead atoms. The molecule has 0 aromatic heterocycles. The largest absolute Gasteiger partial charge is 0.573 e. The highest BCUT2D eigenvalue weighted by molar-refractivity contribution is 5.89. The SMILES string of the molecule is CC(CC(C=O)c1ccc(C(=O)OC(C)(C)C)cc1)c1ccc(OC(F)(F)F)cc1. The molecule has 0 heterocycles. The van der Waals surface area contributed by atoms with Crippen LogP contribution in [0.25, 0.3) is 0 Å². The molecular formula is C23H25F3O4. The number of alkyl halides is 3. The van der Waals surface area contributed by atoms with E-state index in [2.05, 4.69) is 4.74 Å². The summed E-state index contributed by atoms with van der Waals surface area (Å²) in [5.41, 5.74) is 1.34. The van der Waals surface area contributed by atoms with Crippen molar-refractivity contribution in [1.82, 2.24) is 0 Å². The van der Waals surface area contributed by atoms with Crippen LogP contribution >= 0.6 is 0 Å². The fourth-order valence-electron chi connectivity index (χ4n) is 2.99. The maximum absolute atomic E-state index is 12.3. The van der Waals surface area contributed by atoms with Crippen LogP contribution in [-0.2, 0) is 9.53 Å². The maximum atomic E-state index is 12.3. The molecule has 4 nitrogen and oxygen atoms in total. The minimum absolute atomic E-state index is 0.0781. The maximum Gasteiger partial charge on any atom is 0.573 e. The van der Waals surface area contributed by atoms with Crippen LogP contribution in [0.2, 0.25) is 0 Å². The van der Waals surface area contributed by atoms with Gasteiger partial charge in [0.25, 0.3) is 0 Å². The molecule has 0 saturated heterocycles. The predicted molar refractivity (Wildman–Crippen MR) is 107 cm³/mol. The lowest BCUT2D eigenvalue weighted by atomic mass is 9.86. The second-order valence-corrected chi connectivity index (χ2v) is 8.12. The van der Waals surface area contributed by atoms with Crippen LogP contribution in [0.1, 0.15) is 67.4 Å². The molecule has 30 heavy (non-hydrogen) atoms. The average molecular weight is 422 g/mol. The van der Waals surface area contributed by atoms with Crippen molar-refractivity contribution >= 4 is 12.3 Å². The molecule has 2 unspecified atom stereocenters. The molecule has 2 rings (SSSR count). The average Bonchev–Trinajstić information content (AvgIpc) is 2.64. The van der Waals surface area contributed by atoms with E-state index >= 15 is 0 Å². The summed E-state index contributed by atoms with van der Waals surface area (Å²) in [5, 5.41) is 0. The van der Waals surface area contributed by atoms with Crippen molar-refractivity contribution in [3.8, 4) is 5.75 Å². The molecule has 0 radical (unpaired) electrons. The van der Waals surface area contributed by atoms with Gasteiger partial charge in [0.2, 0.25) is 0 Å². The number of benzene rings is 2.